The van der Waals surface area contributed by atoms with E-state index in [1.165, 1.54) is 0 Å². The highest BCUT2D eigenvalue weighted by Gasteiger charge is 2.15. The molecule has 0 unspecified atom stereocenters. The Kier molecular flexibility index (Phi) is 6.58. The van der Waals surface area contributed by atoms with Gasteiger partial charge in [-0.3, -0.25) is 5.32 Å². The van der Waals surface area contributed by atoms with Gasteiger partial charge in [0.05, 0.1) is 6.61 Å². The fraction of sp³-hybridized carbons (Fsp3) is 0.158. The molecule has 0 spiro atoms. The van der Waals surface area contributed by atoms with Crippen LogP contribution in [0.2, 0.25) is 0 Å². The normalized spacial score (nSPS) is 10.8. The van der Waals surface area contributed by atoms with Crippen molar-refractivity contribution in [3.63, 3.8) is 0 Å². The Balaban J connectivity index is 2.03. The standard InChI is InChI=1S/C19H19NO4/c1-2-23-18(21)17(13-15-9-5-3-6-10-15)20-19(22)24-14-16-11-7-4-8-12-16/h3-13H,2,14H2,1H3,(H,20,22)/b17-13+. The van der Waals surface area contributed by atoms with Crippen molar-refractivity contribution in [1.82, 2.24) is 5.32 Å². The molecule has 5 heteroatoms. The van der Waals surface area contributed by atoms with Crippen LogP contribution in [0, 0.1) is 0 Å². The largest absolute Gasteiger partial charge is 0.461 e. The van der Waals surface area contributed by atoms with Gasteiger partial charge in [0.15, 0.2) is 0 Å². The molecule has 0 saturated carbocycles. The fourth-order valence-corrected chi connectivity index (χ4v) is 1.94. The number of alkyl carbamates (subject to hydrolysis) is 1. The molecule has 0 aliphatic carbocycles. The summed E-state index contributed by atoms with van der Waals surface area (Å²) >= 11 is 0. The van der Waals surface area contributed by atoms with Gasteiger partial charge in [0, 0.05) is 0 Å². The summed E-state index contributed by atoms with van der Waals surface area (Å²) in [5.74, 6) is -0.613. The SMILES string of the molecule is CCOC(=O)/C(=C\c1ccccc1)NC(=O)OCc1ccccc1. The van der Waals surface area contributed by atoms with Gasteiger partial charge in [-0.05, 0) is 24.1 Å². The molecule has 0 fully saturated rings. The zero-order valence-corrected chi connectivity index (χ0v) is 13.4. The van der Waals surface area contributed by atoms with Crippen molar-refractivity contribution < 1.29 is 19.1 Å². The van der Waals surface area contributed by atoms with Crippen LogP contribution < -0.4 is 5.32 Å². The van der Waals surface area contributed by atoms with E-state index >= 15 is 0 Å². The summed E-state index contributed by atoms with van der Waals surface area (Å²) in [4.78, 5) is 23.9. The van der Waals surface area contributed by atoms with Gasteiger partial charge in [0.25, 0.3) is 0 Å². The molecule has 0 saturated heterocycles. The van der Waals surface area contributed by atoms with E-state index in [2.05, 4.69) is 5.32 Å². The number of carbonyl (C=O) groups excluding carboxylic acids is 2. The summed E-state index contributed by atoms with van der Waals surface area (Å²) in [6.45, 7) is 2.03. The molecule has 0 atom stereocenters. The van der Waals surface area contributed by atoms with E-state index in [1.54, 1.807) is 13.0 Å². The highest BCUT2D eigenvalue weighted by molar-refractivity contribution is 5.96. The van der Waals surface area contributed by atoms with Crippen LogP contribution >= 0.6 is 0 Å². The molecule has 1 N–H and O–H groups in total. The molecule has 5 nitrogen and oxygen atoms in total. The fourth-order valence-electron chi connectivity index (χ4n) is 1.94. The Hall–Kier alpha value is -3.08. The molecule has 0 radical (unpaired) electrons. The highest BCUT2D eigenvalue weighted by Crippen LogP contribution is 2.07. The maximum Gasteiger partial charge on any atom is 0.412 e. The Bertz CT molecular complexity index is 696. The van der Waals surface area contributed by atoms with Crippen molar-refractivity contribution in [2.45, 2.75) is 13.5 Å². The summed E-state index contributed by atoms with van der Waals surface area (Å²) in [6.07, 6.45) is 0.830. The van der Waals surface area contributed by atoms with E-state index in [9.17, 15) is 9.59 Å². The summed E-state index contributed by atoms with van der Waals surface area (Å²) in [5, 5.41) is 2.45. The lowest BCUT2D eigenvalue weighted by Gasteiger charge is -2.10. The molecular formula is C19H19NO4. The molecule has 0 aliphatic rings. The van der Waals surface area contributed by atoms with Gasteiger partial charge >= 0.3 is 12.1 Å². The molecular weight excluding hydrogens is 306 g/mol. The molecule has 2 aromatic rings. The number of ether oxygens (including phenoxy) is 2. The third-order valence-electron chi connectivity index (χ3n) is 3.06. The second-order valence-corrected chi connectivity index (χ2v) is 4.88. The van der Waals surface area contributed by atoms with Crippen molar-refractivity contribution in [3.05, 3.63) is 77.5 Å². The van der Waals surface area contributed by atoms with Crippen LogP contribution in [-0.2, 0) is 20.9 Å². The quantitative estimate of drug-likeness (QED) is 0.652. The van der Waals surface area contributed by atoms with Crippen molar-refractivity contribution >= 4 is 18.1 Å². The number of esters is 1. The molecule has 24 heavy (non-hydrogen) atoms. The van der Waals surface area contributed by atoms with Crippen molar-refractivity contribution in [3.8, 4) is 0 Å². The zero-order valence-electron chi connectivity index (χ0n) is 13.4. The average molecular weight is 325 g/mol. The first-order valence-electron chi connectivity index (χ1n) is 7.60. The van der Waals surface area contributed by atoms with Gasteiger partial charge in [0.2, 0.25) is 0 Å². The van der Waals surface area contributed by atoms with E-state index in [-0.39, 0.29) is 18.9 Å². The minimum atomic E-state index is -0.714. The second-order valence-electron chi connectivity index (χ2n) is 4.88. The van der Waals surface area contributed by atoms with Crippen LogP contribution in [0.5, 0.6) is 0 Å². The first kappa shape index (κ1) is 17.3. The minimum Gasteiger partial charge on any atom is -0.461 e. The van der Waals surface area contributed by atoms with Crippen molar-refractivity contribution in [2.24, 2.45) is 0 Å². The lowest BCUT2D eigenvalue weighted by Crippen LogP contribution is -2.29. The van der Waals surface area contributed by atoms with Crippen LogP contribution in [0.25, 0.3) is 6.08 Å². The van der Waals surface area contributed by atoms with Gasteiger partial charge < -0.3 is 9.47 Å². The number of benzene rings is 2. The number of carbonyl (C=O) groups is 2. The number of amides is 1. The van der Waals surface area contributed by atoms with Gasteiger partial charge in [-0.1, -0.05) is 60.7 Å². The summed E-state index contributed by atoms with van der Waals surface area (Å²) in [6, 6.07) is 18.5. The van der Waals surface area contributed by atoms with Crippen LogP contribution in [-0.4, -0.2) is 18.7 Å². The predicted molar refractivity (Wildman–Crippen MR) is 90.8 cm³/mol. The Morgan fingerprint density at radius 1 is 0.958 bits per heavy atom. The topological polar surface area (TPSA) is 64.6 Å². The van der Waals surface area contributed by atoms with Crippen LogP contribution in [0.3, 0.4) is 0 Å². The number of hydrogen-bond donors (Lipinski definition) is 1. The van der Waals surface area contributed by atoms with E-state index in [4.69, 9.17) is 9.47 Å². The van der Waals surface area contributed by atoms with Crippen LogP contribution in [0.4, 0.5) is 4.79 Å². The van der Waals surface area contributed by atoms with Gasteiger partial charge in [-0.25, -0.2) is 9.59 Å². The third-order valence-corrected chi connectivity index (χ3v) is 3.06. The summed E-state index contributed by atoms with van der Waals surface area (Å²) in [5.41, 5.74) is 1.65. The van der Waals surface area contributed by atoms with Crippen molar-refractivity contribution in [1.29, 1.82) is 0 Å². The summed E-state index contributed by atoms with van der Waals surface area (Å²) in [7, 11) is 0. The second kappa shape index (κ2) is 9.15. The molecule has 0 heterocycles. The smallest absolute Gasteiger partial charge is 0.412 e. The number of hydrogen-bond acceptors (Lipinski definition) is 4. The van der Waals surface area contributed by atoms with Crippen molar-refractivity contribution in [2.75, 3.05) is 6.61 Å². The molecule has 1 amide bonds. The lowest BCUT2D eigenvalue weighted by atomic mass is 10.2. The number of rotatable bonds is 6. The van der Waals surface area contributed by atoms with Crippen LogP contribution in [0.1, 0.15) is 18.1 Å². The molecule has 0 aliphatic heterocycles. The average Bonchev–Trinajstić information content (AvgIpc) is 2.61. The third kappa shape index (κ3) is 5.61. The first-order chi connectivity index (χ1) is 11.7. The molecule has 0 aromatic heterocycles. The molecule has 2 rings (SSSR count). The predicted octanol–water partition coefficient (Wildman–Crippen LogP) is 3.52. The first-order valence-corrected chi connectivity index (χ1v) is 7.60. The number of nitrogens with one attached hydrogen (secondary N) is 1. The maximum absolute atomic E-state index is 12.0. The minimum absolute atomic E-state index is 0.0288. The zero-order chi connectivity index (χ0) is 17.2. The highest BCUT2D eigenvalue weighted by atomic mass is 16.6. The lowest BCUT2D eigenvalue weighted by molar-refractivity contribution is -0.138. The molecule has 124 valence electrons. The van der Waals surface area contributed by atoms with Gasteiger partial charge in [-0.15, -0.1) is 0 Å². The van der Waals surface area contributed by atoms with E-state index in [1.807, 2.05) is 60.7 Å². The Morgan fingerprint density at radius 2 is 1.58 bits per heavy atom. The summed E-state index contributed by atoms with van der Waals surface area (Å²) < 4.78 is 10.1. The van der Waals surface area contributed by atoms with Gasteiger partial charge in [-0.2, -0.15) is 0 Å². The van der Waals surface area contributed by atoms with E-state index < -0.39 is 12.1 Å². The Labute approximate surface area is 140 Å². The van der Waals surface area contributed by atoms with E-state index in [0.29, 0.717) is 0 Å². The Morgan fingerprint density at radius 3 is 2.21 bits per heavy atom. The van der Waals surface area contributed by atoms with Gasteiger partial charge in [0.1, 0.15) is 12.3 Å². The monoisotopic (exact) mass is 325 g/mol. The molecule has 0 bridgehead atoms. The van der Waals surface area contributed by atoms with E-state index in [0.717, 1.165) is 11.1 Å². The maximum atomic E-state index is 12.0. The van der Waals surface area contributed by atoms with Crippen LogP contribution in [0.15, 0.2) is 66.4 Å². The molecule has 2 aromatic carbocycles.